The molecular formula is C15H15NO3. The third kappa shape index (κ3) is 3.04. The minimum atomic E-state index is -0.967. The summed E-state index contributed by atoms with van der Waals surface area (Å²) in [6, 6.07) is 16.1. The number of para-hydroxylation sites is 2. The van der Waals surface area contributed by atoms with E-state index in [2.05, 4.69) is 0 Å². The second-order valence-electron chi connectivity index (χ2n) is 3.92. The molecule has 0 amide bonds. The zero-order valence-corrected chi connectivity index (χ0v) is 10.6. The summed E-state index contributed by atoms with van der Waals surface area (Å²) >= 11 is 0. The van der Waals surface area contributed by atoms with Gasteiger partial charge in [0.15, 0.2) is 5.75 Å². The SMILES string of the molecule is CCN(Oc1ccccc1)c1ccccc1C(=O)O. The van der Waals surface area contributed by atoms with Crippen LogP contribution < -0.4 is 9.90 Å². The normalized spacial score (nSPS) is 9.95. The minimum absolute atomic E-state index is 0.222. The first kappa shape index (κ1) is 13.0. The molecule has 19 heavy (non-hydrogen) atoms. The Balaban J connectivity index is 2.30. The van der Waals surface area contributed by atoms with Crippen molar-refractivity contribution >= 4 is 11.7 Å². The van der Waals surface area contributed by atoms with Crippen molar-refractivity contribution in [1.82, 2.24) is 0 Å². The number of carboxylic acids is 1. The lowest BCUT2D eigenvalue weighted by molar-refractivity contribution is 0.0696. The van der Waals surface area contributed by atoms with E-state index in [1.54, 1.807) is 29.3 Å². The first-order valence-corrected chi connectivity index (χ1v) is 6.05. The highest BCUT2D eigenvalue weighted by atomic mass is 16.7. The molecule has 4 nitrogen and oxygen atoms in total. The fourth-order valence-electron chi connectivity index (χ4n) is 1.76. The number of rotatable bonds is 5. The van der Waals surface area contributed by atoms with Crippen LogP contribution >= 0.6 is 0 Å². The van der Waals surface area contributed by atoms with Crippen molar-refractivity contribution in [2.24, 2.45) is 0 Å². The van der Waals surface area contributed by atoms with Crippen LogP contribution in [0.5, 0.6) is 5.75 Å². The number of hydrogen-bond donors (Lipinski definition) is 1. The predicted molar refractivity (Wildman–Crippen MR) is 73.5 cm³/mol. The van der Waals surface area contributed by atoms with Crippen LogP contribution in [-0.2, 0) is 0 Å². The van der Waals surface area contributed by atoms with E-state index in [0.717, 1.165) is 0 Å². The molecule has 0 aromatic heterocycles. The molecule has 0 radical (unpaired) electrons. The topological polar surface area (TPSA) is 49.8 Å². The molecule has 2 rings (SSSR count). The molecule has 0 fully saturated rings. The molecule has 98 valence electrons. The Labute approximate surface area is 111 Å². The summed E-state index contributed by atoms with van der Waals surface area (Å²) in [4.78, 5) is 16.9. The third-order valence-corrected chi connectivity index (χ3v) is 2.65. The molecular weight excluding hydrogens is 242 g/mol. The van der Waals surface area contributed by atoms with Crippen LogP contribution in [0.4, 0.5) is 5.69 Å². The van der Waals surface area contributed by atoms with Gasteiger partial charge in [-0.15, -0.1) is 0 Å². The number of carbonyl (C=O) groups is 1. The summed E-state index contributed by atoms with van der Waals surface area (Å²) < 4.78 is 0. The fraction of sp³-hybridized carbons (Fsp3) is 0.133. The Morgan fingerprint density at radius 3 is 2.37 bits per heavy atom. The van der Waals surface area contributed by atoms with Gasteiger partial charge in [-0.05, 0) is 31.2 Å². The van der Waals surface area contributed by atoms with Crippen LogP contribution in [0.25, 0.3) is 0 Å². The predicted octanol–water partition coefficient (Wildman–Crippen LogP) is 3.21. The average Bonchev–Trinajstić information content (AvgIpc) is 2.46. The van der Waals surface area contributed by atoms with Gasteiger partial charge in [-0.2, -0.15) is 0 Å². The van der Waals surface area contributed by atoms with Crippen molar-refractivity contribution in [3.05, 3.63) is 60.2 Å². The Kier molecular flexibility index (Phi) is 4.03. The molecule has 0 saturated heterocycles. The lowest BCUT2D eigenvalue weighted by Gasteiger charge is -2.24. The summed E-state index contributed by atoms with van der Waals surface area (Å²) in [6.45, 7) is 2.45. The van der Waals surface area contributed by atoms with Gasteiger partial charge >= 0.3 is 5.97 Å². The zero-order chi connectivity index (χ0) is 13.7. The lowest BCUT2D eigenvalue weighted by atomic mass is 10.2. The summed E-state index contributed by atoms with van der Waals surface area (Å²) in [5.74, 6) is -0.296. The molecule has 0 heterocycles. The van der Waals surface area contributed by atoms with E-state index in [-0.39, 0.29) is 5.56 Å². The van der Waals surface area contributed by atoms with Crippen molar-refractivity contribution in [2.75, 3.05) is 11.6 Å². The first-order valence-electron chi connectivity index (χ1n) is 6.05. The maximum Gasteiger partial charge on any atom is 0.337 e. The molecule has 0 unspecified atom stereocenters. The van der Waals surface area contributed by atoms with E-state index in [1.165, 1.54) is 0 Å². The number of aromatic carboxylic acids is 1. The Hall–Kier alpha value is -2.49. The molecule has 0 aliphatic rings. The average molecular weight is 257 g/mol. The highest BCUT2D eigenvalue weighted by molar-refractivity contribution is 5.94. The highest BCUT2D eigenvalue weighted by Gasteiger charge is 2.15. The molecule has 0 bridgehead atoms. The van der Waals surface area contributed by atoms with Crippen LogP contribution in [0.2, 0.25) is 0 Å². The van der Waals surface area contributed by atoms with E-state index in [9.17, 15) is 9.90 Å². The van der Waals surface area contributed by atoms with Crippen molar-refractivity contribution < 1.29 is 14.7 Å². The third-order valence-electron chi connectivity index (χ3n) is 2.65. The van der Waals surface area contributed by atoms with E-state index in [0.29, 0.717) is 18.0 Å². The van der Waals surface area contributed by atoms with Crippen LogP contribution in [-0.4, -0.2) is 17.6 Å². The van der Waals surface area contributed by atoms with Gasteiger partial charge < -0.3 is 9.94 Å². The Bertz CT molecular complexity index is 554. The summed E-state index contributed by atoms with van der Waals surface area (Å²) in [5, 5.41) is 10.8. The van der Waals surface area contributed by atoms with Crippen LogP contribution in [0.1, 0.15) is 17.3 Å². The second-order valence-corrected chi connectivity index (χ2v) is 3.92. The molecule has 1 N–H and O–H groups in total. The van der Waals surface area contributed by atoms with Crippen molar-refractivity contribution in [3.8, 4) is 5.75 Å². The summed E-state index contributed by atoms with van der Waals surface area (Å²) in [7, 11) is 0. The van der Waals surface area contributed by atoms with Crippen molar-refractivity contribution in [2.45, 2.75) is 6.92 Å². The monoisotopic (exact) mass is 257 g/mol. The van der Waals surface area contributed by atoms with Gasteiger partial charge in [0.1, 0.15) is 0 Å². The van der Waals surface area contributed by atoms with E-state index in [1.807, 2.05) is 37.3 Å². The first-order chi connectivity index (χ1) is 9.22. The standard InChI is InChI=1S/C15H15NO3/c1-2-16(19-12-8-4-3-5-9-12)14-11-7-6-10-13(14)15(17)18/h3-11H,2H2,1H3,(H,17,18). The number of carboxylic acid groups (broad SMARTS) is 1. The molecule has 0 aliphatic heterocycles. The molecule has 0 saturated carbocycles. The summed E-state index contributed by atoms with van der Waals surface area (Å²) in [5.41, 5.74) is 0.765. The van der Waals surface area contributed by atoms with Gasteiger partial charge in [-0.1, -0.05) is 30.3 Å². The molecule has 4 heteroatoms. The van der Waals surface area contributed by atoms with Crippen molar-refractivity contribution in [1.29, 1.82) is 0 Å². The maximum absolute atomic E-state index is 11.2. The zero-order valence-electron chi connectivity index (χ0n) is 10.6. The van der Waals surface area contributed by atoms with Crippen LogP contribution in [0.3, 0.4) is 0 Å². The molecule has 0 spiro atoms. The number of hydroxylamine groups is 1. The van der Waals surface area contributed by atoms with Gasteiger partial charge in [0.05, 0.1) is 17.8 Å². The number of anilines is 1. The van der Waals surface area contributed by atoms with E-state index in [4.69, 9.17) is 4.84 Å². The maximum atomic E-state index is 11.2. The van der Waals surface area contributed by atoms with E-state index >= 15 is 0 Å². The van der Waals surface area contributed by atoms with Crippen LogP contribution in [0.15, 0.2) is 54.6 Å². The summed E-state index contributed by atoms with van der Waals surface area (Å²) in [6.07, 6.45) is 0. The van der Waals surface area contributed by atoms with Gasteiger partial charge in [-0.25, -0.2) is 9.86 Å². The van der Waals surface area contributed by atoms with Gasteiger partial charge in [0.25, 0.3) is 0 Å². The van der Waals surface area contributed by atoms with Gasteiger partial charge in [0.2, 0.25) is 0 Å². The highest BCUT2D eigenvalue weighted by Crippen LogP contribution is 2.22. The number of benzene rings is 2. The van der Waals surface area contributed by atoms with Gasteiger partial charge in [0, 0.05) is 0 Å². The number of hydrogen-bond acceptors (Lipinski definition) is 3. The minimum Gasteiger partial charge on any atom is -0.478 e. The second kappa shape index (κ2) is 5.91. The fourth-order valence-corrected chi connectivity index (χ4v) is 1.76. The molecule has 2 aromatic rings. The van der Waals surface area contributed by atoms with Crippen molar-refractivity contribution in [3.63, 3.8) is 0 Å². The lowest BCUT2D eigenvalue weighted by Crippen LogP contribution is -2.28. The molecule has 0 aliphatic carbocycles. The van der Waals surface area contributed by atoms with Gasteiger partial charge in [-0.3, -0.25) is 0 Å². The number of nitrogens with zero attached hydrogens (tertiary/aromatic N) is 1. The van der Waals surface area contributed by atoms with E-state index < -0.39 is 5.97 Å². The molecule has 0 atom stereocenters. The Morgan fingerprint density at radius 2 is 1.74 bits per heavy atom. The quantitative estimate of drug-likeness (QED) is 0.836. The smallest absolute Gasteiger partial charge is 0.337 e. The van der Waals surface area contributed by atoms with Crippen LogP contribution in [0, 0.1) is 0 Å². The Morgan fingerprint density at radius 1 is 1.11 bits per heavy atom. The largest absolute Gasteiger partial charge is 0.478 e. The molecule has 2 aromatic carbocycles.